The van der Waals surface area contributed by atoms with Crippen LogP contribution in [0.25, 0.3) is 0 Å². The van der Waals surface area contributed by atoms with Gasteiger partial charge in [0, 0.05) is 11.3 Å². The summed E-state index contributed by atoms with van der Waals surface area (Å²) < 4.78 is 11.4. The molecule has 0 aromatic heterocycles. The first kappa shape index (κ1) is 35.7. The molecule has 0 aromatic rings. The van der Waals surface area contributed by atoms with Gasteiger partial charge in [-0.25, -0.2) is 0 Å². The molecule has 12 unspecified atom stereocenters. The van der Waals surface area contributed by atoms with Gasteiger partial charge in [-0.3, -0.25) is 4.79 Å². The average molecular weight is 667 g/mol. The average Bonchev–Trinajstić information content (AvgIpc) is 3.02. The number of ether oxygens (including phenoxy) is 2. The third-order valence-electron chi connectivity index (χ3n) is 15.6. The van der Waals surface area contributed by atoms with E-state index in [4.69, 9.17) is 9.47 Å². The number of rotatable bonds is 4. The molecule has 11 heteroatoms. The second-order valence-electron chi connectivity index (χ2n) is 17.5. The molecule has 6 rings (SSSR count). The van der Waals surface area contributed by atoms with Crippen molar-refractivity contribution in [2.75, 3.05) is 13.2 Å². The summed E-state index contributed by atoms with van der Waals surface area (Å²) in [6.07, 6.45) is -2.75. The smallest absolute Gasteiger partial charge is 0.315 e. The first-order valence-electron chi connectivity index (χ1n) is 17.7. The van der Waals surface area contributed by atoms with Crippen LogP contribution in [0.3, 0.4) is 0 Å². The van der Waals surface area contributed by atoms with Gasteiger partial charge in [0.15, 0.2) is 0 Å². The molecule has 5 fully saturated rings. The Morgan fingerprint density at radius 1 is 0.915 bits per heavy atom. The van der Waals surface area contributed by atoms with E-state index in [2.05, 4.69) is 26.8 Å². The Kier molecular flexibility index (Phi) is 8.68. The van der Waals surface area contributed by atoms with Crippen molar-refractivity contribution in [2.24, 2.45) is 50.7 Å². The molecular weight excluding hydrogens is 608 g/mol. The number of carbonyl (C=O) groups is 1. The maximum absolute atomic E-state index is 14.5. The first-order valence-corrected chi connectivity index (χ1v) is 17.7. The predicted octanol–water partition coefficient (Wildman–Crippen LogP) is 1.41. The fraction of sp³-hybridized carbons (Fsp3) is 0.917. The van der Waals surface area contributed by atoms with Crippen molar-refractivity contribution in [3.8, 4) is 0 Å². The summed E-state index contributed by atoms with van der Waals surface area (Å²) in [4.78, 5) is 14.5. The lowest BCUT2D eigenvalue weighted by Gasteiger charge is -2.72. The van der Waals surface area contributed by atoms with Crippen LogP contribution in [0.2, 0.25) is 0 Å². The number of aliphatic hydroxyl groups is 8. The summed E-state index contributed by atoms with van der Waals surface area (Å²) in [5.41, 5.74) is -3.27. The van der Waals surface area contributed by atoms with E-state index in [1.54, 1.807) is 0 Å². The lowest BCUT2D eigenvalue weighted by molar-refractivity contribution is -0.299. The molecule has 268 valence electrons. The molecule has 1 saturated heterocycles. The van der Waals surface area contributed by atoms with Crippen molar-refractivity contribution >= 4 is 5.97 Å². The zero-order valence-corrected chi connectivity index (χ0v) is 28.8. The van der Waals surface area contributed by atoms with Crippen molar-refractivity contribution in [2.45, 2.75) is 141 Å². The summed E-state index contributed by atoms with van der Waals surface area (Å²) in [7, 11) is 0. The quantitative estimate of drug-likeness (QED) is 0.160. The minimum absolute atomic E-state index is 0.00373. The van der Waals surface area contributed by atoms with Crippen LogP contribution >= 0.6 is 0 Å². The molecule has 1 heterocycles. The first-order chi connectivity index (χ1) is 21.8. The minimum atomic E-state index is -1.72. The van der Waals surface area contributed by atoms with E-state index in [-0.39, 0.29) is 35.2 Å². The number of aliphatic hydroxyl groups excluding tert-OH is 7. The second kappa shape index (κ2) is 11.4. The molecule has 0 spiro atoms. The Balaban J connectivity index is 1.40. The van der Waals surface area contributed by atoms with Crippen LogP contribution < -0.4 is 0 Å². The van der Waals surface area contributed by atoms with Crippen LogP contribution in [0.15, 0.2) is 11.6 Å². The standard InChI is InChI=1S/C36H58O11/c1-18-9-12-36(30(44)47-29-26(42)25(41)24(40)21(16-37)46-29)14-13-33(4)19(27(36)35(18,6)45)7-8-23-31(2)15-20(39)28(43)32(3,17-38)22(31)10-11-34(23,33)5/h7,18,20-29,37-43,45H,8-17H2,1-6H3/t18?,20?,21-,22?,23?,24-,25+,26-,27?,28?,29+,31?,32?,33?,34?,35?,36?/m1/s1. The van der Waals surface area contributed by atoms with Gasteiger partial charge in [-0.2, -0.15) is 0 Å². The molecule has 11 nitrogen and oxygen atoms in total. The number of hydrogen-bond acceptors (Lipinski definition) is 11. The van der Waals surface area contributed by atoms with E-state index in [0.717, 1.165) is 18.4 Å². The fourth-order valence-corrected chi connectivity index (χ4v) is 12.4. The molecule has 8 N–H and O–H groups in total. The van der Waals surface area contributed by atoms with Crippen LogP contribution in [0.4, 0.5) is 0 Å². The van der Waals surface area contributed by atoms with Crippen molar-refractivity contribution in [1.82, 2.24) is 0 Å². The van der Waals surface area contributed by atoms with Gasteiger partial charge in [0.1, 0.15) is 24.4 Å². The summed E-state index contributed by atoms with van der Waals surface area (Å²) in [5.74, 6) is -1.23. The lowest BCUT2D eigenvalue weighted by atomic mass is 9.33. The van der Waals surface area contributed by atoms with Crippen molar-refractivity contribution in [3.05, 3.63) is 11.6 Å². The highest BCUT2D eigenvalue weighted by Crippen LogP contribution is 2.76. The van der Waals surface area contributed by atoms with Gasteiger partial charge in [-0.05, 0) is 92.3 Å². The number of esters is 1. The SMILES string of the molecule is CC1CCC2(C(=O)O[C@@H]3O[C@H](CO)[C@@H](O)[C@H](O)[C@H]3O)CCC3(C)C(=CCC4C5(C)CC(O)C(O)C(C)(CO)C5CCC43C)C2C1(C)O. The summed E-state index contributed by atoms with van der Waals surface area (Å²) in [6.45, 7) is 11.6. The number of fused-ring (bicyclic) bond motifs is 7. The highest BCUT2D eigenvalue weighted by Gasteiger charge is 2.72. The van der Waals surface area contributed by atoms with Crippen LogP contribution in [0.5, 0.6) is 0 Å². The normalized spacial score (nSPS) is 57.5. The minimum Gasteiger partial charge on any atom is -0.432 e. The zero-order valence-electron chi connectivity index (χ0n) is 28.8. The Hall–Kier alpha value is -1.15. The topological polar surface area (TPSA) is 197 Å². The number of carbonyl (C=O) groups excluding carboxylic acids is 1. The van der Waals surface area contributed by atoms with Gasteiger partial charge in [-0.15, -0.1) is 0 Å². The van der Waals surface area contributed by atoms with Gasteiger partial charge < -0.3 is 50.3 Å². The maximum atomic E-state index is 14.5. The van der Waals surface area contributed by atoms with Gasteiger partial charge in [0.2, 0.25) is 6.29 Å². The van der Waals surface area contributed by atoms with Crippen LogP contribution in [0, 0.1) is 50.7 Å². The highest BCUT2D eigenvalue weighted by atomic mass is 16.7. The molecule has 0 aromatic carbocycles. The van der Waals surface area contributed by atoms with E-state index in [1.165, 1.54) is 0 Å². The molecule has 5 aliphatic carbocycles. The van der Waals surface area contributed by atoms with Crippen LogP contribution in [0.1, 0.15) is 92.9 Å². The molecule has 6 aliphatic rings. The molecule has 0 radical (unpaired) electrons. The monoisotopic (exact) mass is 666 g/mol. The molecule has 17 atom stereocenters. The van der Waals surface area contributed by atoms with E-state index in [9.17, 15) is 45.6 Å². The Bertz CT molecular complexity index is 1270. The molecule has 4 saturated carbocycles. The summed E-state index contributed by atoms with van der Waals surface area (Å²) >= 11 is 0. The van der Waals surface area contributed by atoms with Gasteiger partial charge in [-0.1, -0.05) is 46.3 Å². The highest BCUT2D eigenvalue weighted by molar-refractivity contribution is 5.79. The van der Waals surface area contributed by atoms with Crippen molar-refractivity contribution in [1.29, 1.82) is 0 Å². The number of hydrogen-bond donors (Lipinski definition) is 8. The third-order valence-corrected chi connectivity index (χ3v) is 15.6. The maximum Gasteiger partial charge on any atom is 0.315 e. The van der Waals surface area contributed by atoms with E-state index < -0.39 is 83.3 Å². The van der Waals surface area contributed by atoms with E-state index in [1.807, 2.05) is 20.8 Å². The van der Waals surface area contributed by atoms with Crippen molar-refractivity contribution in [3.63, 3.8) is 0 Å². The molecule has 0 bridgehead atoms. The van der Waals surface area contributed by atoms with Gasteiger partial charge in [0.05, 0.1) is 36.4 Å². The van der Waals surface area contributed by atoms with Gasteiger partial charge in [0.25, 0.3) is 0 Å². The summed E-state index contributed by atoms with van der Waals surface area (Å²) in [5, 5.41) is 86.2. The largest absolute Gasteiger partial charge is 0.432 e. The Morgan fingerprint density at radius 3 is 2.23 bits per heavy atom. The van der Waals surface area contributed by atoms with E-state index >= 15 is 0 Å². The summed E-state index contributed by atoms with van der Waals surface area (Å²) in [6, 6.07) is 0. The second-order valence-corrected chi connectivity index (χ2v) is 17.5. The molecular formula is C36H58O11. The van der Waals surface area contributed by atoms with Crippen LogP contribution in [-0.2, 0) is 14.3 Å². The lowest BCUT2D eigenvalue weighted by Crippen LogP contribution is -2.69. The molecule has 1 aliphatic heterocycles. The predicted molar refractivity (Wildman–Crippen MR) is 169 cm³/mol. The zero-order chi connectivity index (χ0) is 34.7. The van der Waals surface area contributed by atoms with Gasteiger partial charge >= 0.3 is 5.97 Å². The van der Waals surface area contributed by atoms with E-state index in [0.29, 0.717) is 38.5 Å². The van der Waals surface area contributed by atoms with Crippen molar-refractivity contribution < 1.29 is 55.1 Å². The Labute approximate surface area is 278 Å². The molecule has 47 heavy (non-hydrogen) atoms. The third kappa shape index (κ3) is 4.60. The van der Waals surface area contributed by atoms with Crippen LogP contribution in [-0.4, -0.2) is 109 Å². The molecule has 0 amide bonds. The fourth-order valence-electron chi connectivity index (χ4n) is 12.4. The Morgan fingerprint density at radius 2 is 1.60 bits per heavy atom. The number of allylic oxidation sites excluding steroid dienone is 1.